The van der Waals surface area contributed by atoms with Crippen molar-refractivity contribution in [3.8, 4) is 11.5 Å². The summed E-state index contributed by atoms with van der Waals surface area (Å²) in [5.74, 6) is 0.672. The van der Waals surface area contributed by atoms with Gasteiger partial charge < -0.3 is 25.8 Å². The van der Waals surface area contributed by atoms with Gasteiger partial charge in [0.05, 0.1) is 26.3 Å². The van der Waals surface area contributed by atoms with Gasteiger partial charge in [0.2, 0.25) is 11.8 Å². The van der Waals surface area contributed by atoms with Crippen molar-refractivity contribution in [2.45, 2.75) is 33.4 Å². The van der Waals surface area contributed by atoms with Crippen molar-refractivity contribution in [1.29, 1.82) is 0 Å². The molecule has 0 saturated heterocycles. The highest BCUT2D eigenvalue weighted by Gasteiger charge is 2.17. The fraction of sp³-hybridized carbons (Fsp3) is 0.529. The van der Waals surface area contributed by atoms with Gasteiger partial charge in [-0.05, 0) is 30.5 Å². The fourth-order valence-electron chi connectivity index (χ4n) is 1.95. The van der Waals surface area contributed by atoms with Crippen molar-refractivity contribution in [1.82, 2.24) is 10.6 Å². The van der Waals surface area contributed by atoms with Gasteiger partial charge in [0.25, 0.3) is 0 Å². The summed E-state index contributed by atoms with van der Waals surface area (Å²) in [6, 6.07) is 4.83. The molecule has 0 spiro atoms. The molecule has 0 aliphatic carbocycles. The predicted molar refractivity (Wildman–Crippen MR) is 99.1 cm³/mol. The van der Waals surface area contributed by atoms with Crippen molar-refractivity contribution in [3.05, 3.63) is 23.8 Å². The van der Waals surface area contributed by atoms with Crippen LogP contribution < -0.4 is 25.8 Å². The van der Waals surface area contributed by atoms with E-state index in [1.807, 2.05) is 32.9 Å². The summed E-state index contributed by atoms with van der Waals surface area (Å²) >= 11 is 0. The van der Waals surface area contributed by atoms with Crippen LogP contribution in [0.3, 0.4) is 0 Å². The summed E-state index contributed by atoms with van der Waals surface area (Å²) in [7, 11) is 1.57. The number of rotatable bonds is 9. The van der Waals surface area contributed by atoms with Gasteiger partial charge in [-0.1, -0.05) is 19.9 Å². The quantitative estimate of drug-likeness (QED) is 0.604. The first-order valence-corrected chi connectivity index (χ1v) is 7.98. The Balaban J connectivity index is 0.00000576. The number of halogens is 1. The van der Waals surface area contributed by atoms with Crippen molar-refractivity contribution < 1.29 is 19.1 Å². The second kappa shape index (κ2) is 11.5. The van der Waals surface area contributed by atoms with Crippen LogP contribution in [-0.2, 0) is 16.1 Å². The average Bonchev–Trinajstić information content (AvgIpc) is 2.57. The largest absolute Gasteiger partial charge is 0.493 e. The molecule has 0 saturated carbocycles. The number of benzene rings is 1. The number of hydrogen-bond donors (Lipinski definition) is 3. The Hall–Kier alpha value is -1.99. The highest BCUT2D eigenvalue weighted by atomic mass is 35.5. The van der Waals surface area contributed by atoms with Crippen LogP contribution in [0.15, 0.2) is 18.2 Å². The number of methoxy groups -OCH3 is 1. The molecule has 1 atom stereocenters. The van der Waals surface area contributed by atoms with E-state index >= 15 is 0 Å². The second-order valence-corrected chi connectivity index (χ2v) is 5.68. The van der Waals surface area contributed by atoms with Gasteiger partial charge in [0, 0.05) is 6.54 Å². The lowest BCUT2D eigenvalue weighted by atomic mass is 10.1. The number of nitrogens with one attached hydrogen (secondary N) is 2. The molecule has 1 aromatic carbocycles. The molecule has 0 aliphatic rings. The van der Waals surface area contributed by atoms with Gasteiger partial charge in [-0.2, -0.15) is 0 Å². The van der Waals surface area contributed by atoms with Crippen LogP contribution in [0.25, 0.3) is 0 Å². The number of nitrogens with two attached hydrogens (primary N) is 1. The average molecular weight is 374 g/mol. The van der Waals surface area contributed by atoms with E-state index in [9.17, 15) is 9.59 Å². The smallest absolute Gasteiger partial charge is 0.239 e. The monoisotopic (exact) mass is 373 g/mol. The highest BCUT2D eigenvalue weighted by molar-refractivity contribution is 5.87. The van der Waals surface area contributed by atoms with Crippen LogP contribution in [0.4, 0.5) is 0 Å². The van der Waals surface area contributed by atoms with Gasteiger partial charge in [-0.15, -0.1) is 12.4 Å². The maximum Gasteiger partial charge on any atom is 0.239 e. The molecule has 1 rings (SSSR count). The van der Waals surface area contributed by atoms with E-state index in [1.165, 1.54) is 0 Å². The zero-order valence-electron chi connectivity index (χ0n) is 15.1. The maximum absolute atomic E-state index is 11.8. The molecule has 8 heteroatoms. The molecule has 0 aliphatic heterocycles. The van der Waals surface area contributed by atoms with Crippen LogP contribution in [-0.4, -0.2) is 38.1 Å². The Morgan fingerprint density at radius 2 is 1.88 bits per heavy atom. The van der Waals surface area contributed by atoms with Crippen LogP contribution in [0.2, 0.25) is 0 Å². The standard InChI is InChI=1S/C17H27N3O4.ClH/c1-5-24-14-8-12(6-7-13(14)23-4)9-19-15(21)10-20-17(22)16(18)11(2)3;/h6-8,11,16H,5,9-10,18H2,1-4H3,(H,19,21)(H,20,22);1H/t16-;/m0./s1. The molecule has 0 aromatic heterocycles. The molecular formula is C17H28ClN3O4. The summed E-state index contributed by atoms with van der Waals surface area (Å²) < 4.78 is 10.7. The van der Waals surface area contributed by atoms with E-state index in [1.54, 1.807) is 13.2 Å². The Morgan fingerprint density at radius 3 is 2.44 bits per heavy atom. The van der Waals surface area contributed by atoms with E-state index in [4.69, 9.17) is 15.2 Å². The fourth-order valence-corrected chi connectivity index (χ4v) is 1.95. The van der Waals surface area contributed by atoms with Crippen molar-refractivity contribution in [3.63, 3.8) is 0 Å². The lowest BCUT2D eigenvalue weighted by molar-refractivity contribution is -0.127. The van der Waals surface area contributed by atoms with E-state index in [-0.39, 0.29) is 36.7 Å². The van der Waals surface area contributed by atoms with Gasteiger partial charge in [-0.3, -0.25) is 9.59 Å². The van der Waals surface area contributed by atoms with Crippen LogP contribution in [0.1, 0.15) is 26.3 Å². The van der Waals surface area contributed by atoms with E-state index in [2.05, 4.69) is 10.6 Å². The van der Waals surface area contributed by atoms with E-state index in [0.29, 0.717) is 24.7 Å². The minimum Gasteiger partial charge on any atom is -0.493 e. The number of carbonyl (C=O) groups excluding carboxylic acids is 2. The lowest BCUT2D eigenvalue weighted by Gasteiger charge is -2.15. The van der Waals surface area contributed by atoms with Gasteiger partial charge in [-0.25, -0.2) is 0 Å². The second-order valence-electron chi connectivity index (χ2n) is 5.68. The van der Waals surface area contributed by atoms with Crippen LogP contribution in [0, 0.1) is 5.92 Å². The third-order valence-corrected chi connectivity index (χ3v) is 3.46. The highest BCUT2D eigenvalue weighted by Crippen LogP contribution is 2.27. The van der Waals surface area contributed by atoms with Gasteiger partial charge in [0.1, 0.15) is 0 Å². The summed E-state index contributed by atoms with van der Waals surface area (Å²) in [5, 5.41) is 5.27. The summed E-state index contributed by atoms with van der Waals surface area (Å²) in [6.45, 7) is 6.34. The predicted octanol–water partition coefficient (Wildman–Crippen LogP) is 1.23. The van der Waals surface area contributed by atoms with Crippen molar-refractivity contribution in [2.24, 2.45) is 11.7 Å². The molecule has 0 bridgehead atoms. The third-order valence-electron chi connectivity index (χ3n) is 3.46. The topological polar surface area (TPSA) is 103 Å². The molecule has 0 radical (unpaired) electrons. The molecule has 0 heterocycles. The first-order chi connectivity index (χ1) is 11.4. The minimum absolute atomic E-state index is 0. The van der Waals surface area contributed by atoms with Crippen LogP contribution in [0.5, 0.6) is 11.5 Å². The molecule has 142 valence electrons. The molecular weight excluding hydrogens is 346 g/mol. The summed E-state index contributed by atoms with van der Waals surface area (Å²) in [4.78, 5) is 23.5. The molecule has 25 heavy (non-hydrogen) atoms. The molecule has 0 unspecified atom stereocenters. The van der Waals surface area contributed by atoms with E-state index < -0.39 is 6.04 Å². The van der Waals surface area contributed by atoms with Crippen molar-refractivity contribution >= 4 is 24.2 Å². The summed E-state index contributed by atoms with van der Waals surface area (Å²) in [6.07, 6.45) is 0. The number of ether oxygens (including phenoxy) is 2. The molecule has 4 N–H and O–H groups in total. The van der Waals surface area contributed by atoms with Gasteiger partial charge in [0.15, 0.2) is 11.5 Å². The first kappa shape index (κ1) is 23.0. The Bertz CT molecular complexity index is 567. The molecule has 2 amide bonds. The number of amides is 2. The molecule has 0 fully saturated rings. The molecule has 1 aromatic rings. The van der Waals surface area contributed by atoms with Crippen molar-refractivity contribution in [2.75, 3.05) is 20.3 Å². The third kappa shape index (κ3) is 7.62. The molecule has 7 nitrogen and oxygen atoms in total. The lowest BCUT2D eigenvalue weighted by Crippen LogP contribution is -2.47. The first-order valence-electron chi connectivity index (χ1n) is 7.98. The minimum atomic E-state index is -0.617. The normalized spacial score (nSPS) is 11.3. The Kier molecular flexibility index (Phi) is 10.6. The van der Waals surface area contributed by atoms with Crippen LogP contribution >= 0.6 is 12.4 Å². The number of carbonyl (C=O) groups is 2. The number of hydrogen-bond acceptors (Lipinski definition) is 5. The Labute approximate surface area is 155 Å². The van der Waals surface area contributed by atoms with E-state index in [0.717, 1.165) is 5.56 Å². The Morgan fingerprint density at radius 1 is 1.20 bits per heavy atom. The zero-order chi connectivity index (χ0) is 18.1. The zero-order valence-corrected chi connectivity index (χ0v) is 15.9. The SMILES string of the molecule is CCOc1cc(CNC(=O)CNC(=O)[C@@H](N)C(C)C)ccc1OC.Cl. The maximum atomic E-state index is 11.8. The van der Waals surface area contributed by atoms with Gasteiger partial charge >= 0.3 is 0 Å². The summed E-state index contributed by atoms with van der Waals surface area (Å²) in [5.41, 5.74) is 6.59.